The van der Waals surface area contributed by atoms with Crippen molar-refractivity contribution in [2.24, 2.45) is 5.41 Å². The molecule has 0 spiro atoms. The van der Waals surface area contributed by atoms with E-state index >= 15 is 0 Å². The van der Waals surface area contributed by atoms with Crippen LogP contribution in [0.4, 0.5) is 15.8 Å². The molecule has 0 saturated heterocycles. The number of halogens is 1. The van der Waals surface area contributed by atoms with Crippen LogP contribution in [0.2, 0.25) is 0 Å². The molecule has 0 heterocycles. The fourth-order valence-electron chi connectivity index (χ4n) is 2.00. The number of anilines is 2. The van der Waals surface area contributed by atoms with Gasteiger partial charge in [-0.2, -0.15) is 0 Å². The molecule has 0 fully saturated rings. The molecule has 6 heteroatoms. The molecule has 0 atom stereocenters. The number of hydrogen-bond acceptors (Lipinski definition) is 3. The predicted octanol–water partition coefficient (Wildman–Crippen LogP) is 3.63. The van der Waals surface area contributed by atoms with Crippen molar-refractivity contribution < 1.29 is 18.8 Å². The Morgan fingerprint density at radius 1 is 0.800 bits per heavy atom. The SMILES string of the molecule is CC(=O)c1ccc(NC(=O)C(C)(C)C(=O)Nc2ccc(F)cc2)cc1. The lowest BCUT2D eigenvalue weighted by Crippen LogP contribution is -2.41. The first-order valence-electron chi connectivity index (χ1n) is 7.69. The number of hydrogen-bond donors (Lipinski definition) is 2. The highest BCUT2D eigenvalue weighted by molar-refractivity contribution is 6.14. The second kappa shape index (κ2) is 7.25. The van der Waals surface area contributed by atoms with E-state index in [1.807, 2.05) is 0 Å². The third kappa shape index (κ3) is 4.50. The number of ketones is 1. The number of benzene rings is 2. The molecule has 25 heavy (non-hydrogen) atoms. The first kappa shape index (κ1) is 18.3. The van der Waals surface area contributed by atoms with E-state index in [9.17, 15) is 18.8 Å². The van der Waals surface area contributed by atoms with Crippen LogP contribution in [0.1, 0.15) is 31.1 Å². The van der Waals surface area contributed by atoms with Gasteiger partial charge < -0.3 is 10.6 Å². The van der Waals surface area contributed by atoms with E-state index in [1.54, 1.807) is 24.3 Å². The summed E-state index contributed by atoms with van der Waals surface area (Å²) in [6, 6.07) is 11.7. The van der Waals surface area contributed by atoms with Gasteiger partial charge in [-0.1, -0.05) is 0 Å². The van der Waals surface area contributed by atoms with E-state index in [0.717, 1.165) is 0 Å². The second-order valence-corrected chi connectivity index (χ2v) is 6.17. The second-order valence-electron chi connectivity index (χ2n) is 6.17. The van der Waals surface area contributed by atoms with Crippen LogP contribution in [0.15, 0.2) is 48.5 Å². The summed E-state index contributed by atoms with van der Waals surface area (Å²) < 4.78 is 12.9. The van der Waals surface area contributed by atoms with Crippen LogP contribution < -0.4 is 10.6 Å². The zero-order chi connectivity index (χ0) is 18.6. The van der Waals surface area contributed by atoms with E-state index in [-0.39, 0.29) is 5.78 Å². The summed E-state index contributed by atoms with van der Waals surface area (Å²) in [5.74, 6) is -1.50. The predicted molar refractivity (Wildman–Crippen MR) is 93.9 cm³/mol. The van der Waals surface area contributed by atoms with Gasteiger partial charge in [0.2, 0.25) is 11.8 Å². The van der Waals surface area contributed by atoms with E-state index in [2.05, 4.69) is 10.6 Å². The van der Waals surface area contributed by atoms with Gasteiger partial charge in [-0.25, -0.2) is 4.39 Å². The smallest absolute Gasteiger partial charge is 0.239 e. The molecule has 0 radical (unpaired) electrons. The van der Waals surface area contributed by atoms with Crippen LogP contribution in [0, 0.1) is 11.2 Å². The Hall–Kier alpha value is -3.02. The highest BCUT2D eigenvalue weighted by Gasteiger charge is 2.36. The molecular formula is C19H19FN2O3. The van der Waals surface area contributed by atoms with E-state index in [4.69, 9.17) is 0 Å². The first-order valence-corrected chi connectivity index (χ1v) is 7.69. The maximum absolute atomic E-state index is 12.9. The highest BCUT2D eigenvalue weighted by atomic mass is 19.1. The molecule has 0 aliphatic heterocycles. The van der Waals surface area contributed by atoms with Crippen molar-refractivity contribution >= 4 is 29.0 Å². The topological polar surface area (TPSA) is 75.3 Å². The van der Waals surface area contributed by atoms with Gasteiger partial charge in [0.25, 0.3) is 0 Å². The Morgan fingerprint density at radius 2 is 1.20 bits per heavy atom. The average Bonchev–Trinajstić information content (AvgIpc) is 2.57. The summed E-state index contributed by atoms with van der Waals surface area (Å²) in [7, 11) is 0. The fourth-order valence-corrected chi connectivity index (χ4v) is 2.00. The van der Waals surface area contributed by atoms with Crippen molar-refractivity contribution in [1.29, 1.82) is 0 Å². The molecule has 2 amide bonds. The van der Waals surface area contributed by atoms with Gasteiger partial charge in [0.15, 0.2) is 5.78 Å². The molecule has 0 aliphatic rings. The summed E-state index contributed by atoms with van der Waals surface area (Å²) in [5, 5.41) is 5.24. The summed E-state index contributed by atoms with van der Waals surface area (Å²) >= 11 is 0. The molecule has 130 valence electrons. The Kier molecular flexibility index (Phi) is 5.32. The summed E-state index contributed by atoms with van der Waals surface area (Å²) in [5.41, 5.74) is 0.0650. The van der Waals surface area contributed by atoms with Gasteiger partial charge in [-0.05, 0) is 69.3 Å². The van der Waals surface area contributed by atoms with Crippen LogP contribution in [0.3, 0.4) is 0 Å². The van der Waals surface area contributed by atoms with E-state index in [0.29, 0.717) is 16.9 Å². The van der Waals surface area contributed by atoms with Gasteiger partial charge >= 0.3 is 0 Å². The minimum absolute atomic E-state index is 0.0723. The standard InChI is InChI=1S/C19H19FN2O3/c1-12(23)13-4-8-15(9-5-13)21-17(24)19(2,3)18(25)22-16-10-6-14(20)7-11-16/h4-11H,1-3H3,(H,21,24)(H,22,25). The first-order chi connectivity index (χ1) is 11.7. The molecule has 0 saturated carbocycles. The number of Topliss-reactive ketones (excluding diaryl/α,β-unsaturated/α-hetero) is 1. The number of carbonyl (C=O) groups excluding carboxylic acids is 3. The Balaban J connectivity index is 2.06. The molecule has 5 nitrogen and oxygen atoms in total. The lowest BCUT2D eigenvalue weighted by molar-refractivity contribution is -0.135. The maximum atomic E-state index is 12.9. The van der Waals surface area contributed by atoms with Crippen LogP contribution >= 0.6 is 0 Å². The highest BCUT2D eigenvalue weighted by Crippen LogP contribution is 2.22. The summed E-state index contributed by atoms with van der Waals surface area (Å²) in [6.07, 6.45) is 0. The van der Waals surface area contributed by atoms with E-state index < -0.39 is 23.0 Å². The summed E-state index contributed by atoms with van der Waals surface area (Å²) in [6.45, 7) is 4.44. The van der Waals surface area contributed by atoms with Crippen molar-refractivity contribution in [3.63, 3.8) is 0 Å². The van der Waals surface area contributed by atoms with Crippen molar-refractivity contribution in [1.82, 2.24) is 0 Å². The molecule has 0 aromatic heterocycles. The van der Waals surface area contributed by atoms with Gasteiger partial charge in [0.1, 0.15) is 11.2 Å². The Labute approximate surface area is 145 Å². The quantitative estimate of drug-likeness (QED) is 0.643. The van der Waals surface area contributed by atoms with Crippen molar-refractivity contribution in [2.45, 2.75) is 20.8 Å². The van der Waals surface area contributed by atoms with Crippen LogP contribution in [0.25, 0.3) is 0 Å². The number of amides is 2. The van der Waals surface area contributed by atoms with Crippen molar-refractivity contribution in [3.8, 4) is 0 Å². The average molecular weight is 342 g/mol. The number of nitrogens with one attached hydrogen (secondary N) is 2. The molecule has 0 aliphatic carbocycles. The minimum Gasteiger partial charge on any atom is -0.325 e. The molecule has 2 aromatic rings. The normalized spacial score (nSPS) is 10.9. The van der Waals surface area contributed by atoms with E-state index in [1.165, 1.54) is 45.0 Å². The zero-order valence-corrected chi connectivity index (χ0v) is 14.2. The van der Waals surface area contributed by atoms with Crippen LogP contribution in [0.5, 0.6) is 0 Å². The summed E-state index contributed by atoms with van der Waals surface area (Å²) in [4.78, 5) is 36.1. The third-order valence-corrected chi connectivity index (χ3v) is 3.79. The molecule has 2 rings (SSSR count). The van der Waals surface area contributed by atoms with Gasteiger partial charge in [-0.3, -0.25) is 14.4 Å². The molecule has 2 aromatic carbocycles. The number of rotatable bonds is 5. The zero-order valence-electron chi connectivity index (χ0n) is 14.2. The van der Waals surface area contributed by atoms with Gasteiger partial charge in [0, 0.05) is 16.9 Å². The monoisotopic (exact) mass is 342 g/mol. The van der Waals surface area contributed by atoms with Crippen molar-refractivity contribution in [3.05, 3.63) is 59.9 Å². The Bertz CT molecular complexity index is 796. The lowest BCUT2D eigenvalue weighted by Gasteiger charge is -2.22. The Morgan fingerprint density at radius 3 is 1.60 bits per heavy atom. The molecule has 0 bridgehead atoms. The fraction of sp³-hybridized carbons (Fsp3) is 0.211. The van der Waals surface area contributed by atoms with Crippen LogP contribution in [-0.4, -0.2) is 17.6 Å². The number of carbonyl (C=O) groups is 3. The maximum Gasteiger partial charge on any atom is 0.239 e. The van der Waals surface area contributed by atoms with Crippen LogP contribution in [-0.2, 0) is 9.59 Å². The van der Waals surface area contributed by atoms with Gasteiger partial charge in [0.05, 0.1) is 0 Å². The molecule has 0 unspecified atom stereocenters. The van der Waals surface area contributed by atoms with Gasteiger partial charge in [-0.15, -0.1) is 0 Å². The minimum atomic E-state index is -1.35. The largest absolute Gasteiger partial charge is 0.325 e. The molecule has 2 N–H and O–H groups in total. The third-order valence-electron chi connectivity index (χ3n) is 3.79. The molecular weight excluding hydrogens is 323 g/mol. The lowest BCUT2D eigenvalue weighted by atomic mass is 9.90. The van der Waals surface area contributed by atoms with Crippen molar-refractivity contribution in [2.75, 3.05) is 10.6 Å².